The van der Waals surface area contributed by atoms with Crippen LogP contribution in [0.15, 0.2) is 42.5 Å². The predicted octanol–water partition coefficient (Wildman–Crippen LogP) is 2.81. The molecule has 2 fully saturated rings. The molecule has 1 unspecified atom stereocenters. The summed E-state index contributed by atoms with van der Waals surface area (Å²) in [5.74, 6) is 0.625. The van der Waals surface area contributed by atoms with E-state index in [1.807, 2.05) is 19.2 Å². The fraction of sp³-hybridized carbons (Fsp3) is 0.520. The molecular weight excluding hydrogens is 390 g/mol. The number of ether oxygens (including phenoxy) is 1. The van der Waals surface area contributed by atoms with E-state index in [0.29, 0.717) is 19.0 Å². The first-order valence-corrected chi connectivity index (χ1v) is 11.4. The Morgan fingerprint density at radius 3 is 2.77 bits per heavy atom. The zero-order valence-corrected chi connectivity index (χ0v) is 18.4. The van der Waals surface area contributed by atoms with E-state index in [4.69, 9.17) is 4.74 Å². The molecule has 2 saturated heterocycles. The molecule has 2 heterocycles. The maximum absolute atomic E-state index is 12.9. The third kappa shape index (κ3) is 5.43. The van der Waals surface area contributed by atoms with E-state index in [9.17, 15) is 9.59 Å². The molecule has 0 aromatic heterocycles. The molecule has 2 amide bonds. The highest BCUT2D eigenvalue weighted by Gasteiger charge is 2.32. The van der Waals surface area contributed by atoms with E-state index < -0.39 is 6.04 Å². The molecule has 6 nitrogen and oxygen atoms in total. The van der Waals surface area contributed by atoms with E-state index in [0.717, 1.165) is 45.6 Å². The molecule has 2 aromatic carbocycles. The van der Waals surface area contributed by atoms with Gasteiger partial charge in [0.05, 0.1) is 12.5 Å². The Hall–Kier alpha value is -2.44. The predicted molar refractivity (Wildman–Crippen MR) is 122 cm³/mol. The fourth-order valence-electron chi connectivity index (χ4n) is 4.68. The van der Waals surface area contributed by atoms with E-state index in [2.05, 4.69) is 40.5 Å². The Balaban J connectivity index is 1.40. The number of nitrogens with one attached hydrogen (secondary N) is 1. The minimum Gasteiger partial charge on any atom is -0.381 e. The van der Waals surface area contributed by atoms with Gasteiger partial charge in [-0.05, 0) is 41.5 Å². The number of amides is 2. The highest BCUT2D eigenvalue weighted by Crippen LogP contribution is 2.23. The summed E-state index contributed by atoms with van der Waals surface area (Å²) in [6, 6.07) is 14.2. The van der Waals surface area contributed by atoms with Gasteiger partial charge in [0, 0.05) is 46.4 Å². The van der Waals surface area contributed by atoms with Gasteiger partial charge in [-0.3, -0.25) is 14.5 Å². The van der Waals surface area contributed by atoms with Gasteiger partial charge >= 0.3 is 0 Å². The number of benzene rings is 2. The highest BCUT2D eigenvalue weighted by atomic mass is 16.5. The monoisotopic (exact) mass is 423 g/mol. The number of nitrogens with zero attached hydrogens (tertiary/aromatic N) is 2. The lowest BCUT2D eigenvalue weighted by atomic mass is 9.96. The quantitative estimate of drug-likeness (QED) is 0.744. The summed E-state index contributed by atoms with van der Waals surface area (Å²) >= 11 is 0. The molecule has 6 heteroatoms. The van der Waals surface area contributed by atoms with Gasteiger partial charge in [-0.2, -0.15) is 0 Å². The summed E-state index contributed by atoms with van der Waals surface area (Å²) in [6.07, 6.45) is 3.38. The van der Waals surface area contributed by atoms with Crippen molar-refractivity contribution < 1.29 is 14.3 Å². The number of carbonyl (C=O) groups is 2. The molecule has 2 aliphatic rings. The van der Waals surface area contributed by atoms with Crippen molar-refractivity contribution in [3.63, 3.8) is 0 Å². The Labute approximate surface area is 184 Å². The largest absolute Gasteiger partial charge is 0.381 e. The van der Waals surface area contributed by atoms with Gasteiger partial charge in [0.25, 0.3) is 0 Å². The third-order valence-electron chi connectivity index (χ3n) is 6.70. The molecule has 0 aliphatic carbocycles. The van der Waals surface area contributed by atoms with Crippen LogP contribution in [-0.2, 0) is 20.9 Å². The second-order valence-electron chi connectivity index (χ2n) is 8.78. The smallest absolute Gasteiger partial charge is 0.237 e. The van der Waals surface area contributed by atoms with Gasteiger partial charge in [-0.15, -0.1) is 0 Å². The number of carbonyl (C=O) groups excluding carboxylic acids is 2. The zero-order chi connectivity index (χ0) is 21.6. The zero-order valence-electron chi connectivity index (χ0n) is 18.4. The molecule has 166 valence electrons. The molecular formula is C25H33N3O3. The number of fused-ring (bicyclic) bond motifs is 1. The van der Waals surface area contributed by atoms with Crippen molar-refractivity contribution in [3.05, 3.63) is 48.0 Å². The fourth-order valence-corrected chi connectivity index (χ4v) is 4.68. The van der Waals surface area contributed by atoms with Gasteiger partial charge in [-0.25, -0.2) is 0 Å². The molecule has 2 aliphatic heterocycles. The Morgan fingerprint density at radius 2 is 1.94 bits per heavy atom. The van der Waals surface area contributed by atoms with Gasteiger partial charge < -0.3 is 15.0 Å². The Kier molecular flexibility index (Phi) is 7.20. The molecule has 0 saturated carbocycles. The van der Waals surface area contributed by atoms with Crippen LogP contribution in [0.1, 0.15) is 31.2 Å². The molecule has 31 heavy (non-hydrogen) atoms. The minimum absolute atomic E-state index is 0.0389. The van der Waals surface area contributed by atoms with Crippen LogP contribution in [0.3, 0.4) is 0 Å². The lowest BCUT2D eigenvalue weighted by molar-refractivity contribution is -0.138. The molecule has 0 radical (unpaired) electrons. The first-order valence-electron chi connectivity index (χ1n) is 11.4. The van der Waals surface area contributed by atoms with Gasteiger partial charge in [0.1, 0.15) is 0 Å². The molecule has 1 atom stereocenters. The van der Waals surface area contributed by atoms with Crippen molar-refractivity contribution in [2.24, 2.45) is 5.92 Å². The number of hydrogen-bond donors (Lipinski definition) is 1. The van der Waals surface area contributed by atoms with E-state index in [-0.39, 0.29) is 18.2 Å². The van der Waals surface area contributed by atoms with Crippen LogP contribution >= 0.6 is 0 Å². The molecule has 4 rings (SSSR count). The Morgan fingerprint density at radius 1 is 1.16 bits per heavy atom. The average molecular weight is 424 g/mol. The van der Waals surface area contributed by atoms with Crippen LogP contribution in [0.4, 0.5) is 0 Å². The van der Waals surface area contributed by atoms with Crippen LogP contribution in [0.5, 0.6) is 0 Å². The summed E-state index contributed by atoms with van der Waals surface area (Å²) in [6.45, 7) is 4.42. The summed E-state index contributed by atoms with van der Waals surface area (Å²) < 4.78 is 5.42. The van der Waals surface area contributed by atoms with Crippen molar-refractivity contribution in [2.75, 3.05) is 39.9 Å². The number of hydrogen-bond acceptors (Lipinski definition) is 4. The lowest BCUT2D eigenvalue weighted by Gasteiger charge is -2.35. The second-order valence-corrected chi connectivity index (χ2v) is 8.78. The topological polar surface area (TPSA) is 61.9 Å². The van der Waals surface area contributed by atoms with Crippen LogP contribution < -0.4 is 5.32 Å². The maximum atomic E-state index is 12.9. The second kappa shape index (κ2) is 10.2. The van der Waals surface area contributed by atoms with E-state index in [1.165, 1.54) is 16.3 Å². The van der Waals surface area contributed by atoms with Crippen molar-refractivity contribution >= 4 is 22.6 Å². The molecule has 0 bridgehead atoms. The standard InChI is InChI=1S/C25H33N3O3/c1-27(13-9-19-10-15-31-16-11-19)24(29)17-23-25(30)26-12-14-28(23)18-21-7-4-6-20-5-2-3-8-22(20)21/h2-8,19,23H,9-18H2,1H3,(H,26,30). The summed E-state index contributed by atoms with van der Waals surface area (Å²) in [5, 5.41) is 5.35. The van der Waals surface area contributed by atoms with Crippen molar-refractivity contribution in [3.8, 4) is 0 Å². The van der Waals surface area contributed by atoms with Gasteiger partial charge in [-0.1, -0.05) is 42.5 Å². The van der Waals surface area contributed by atoms with E-state index >= 15 is 0 Å². The normalized spacial score (nSPS) is 20.5. The summed E-state index contributed by atoms with van der Waals surface area (Å²) in [7, 11) is 1.86. The Bertz CT molecular complexity index is 905. The first kappa shape index (κ1) is 21.8. The minimum atomic E-state index is -0.425. The SMILES string of the molecule is CN(CCC1CCOCC1)C(=O)CC1C(=O)NCCN1Cc1cccc2ccccc12. The lowest BCUT2D eigenvalue weighted by Crippen LogP contribution is -2.56. The van der Waals surface area contributed by atoms with Crippen molar-refractivity contribution in [2.45, 2.75) is 38.3 Å². The van der Waals surface area contributed by atoms with Crippen molar-refractivity contribution in [1.29, 1.82) is 0 Å². The van der Waals surface area contributed by atoms with Crippen LogP contribution in [0, 0.1) is 5.92 Å². The summed E-state index contributed by atoms with van der Waals surface area (Å²) in [4.78, 5) is 29.6. The van der Waals surface area contributed by atoms with Crippen LogP contribution in [0.2, 0.25) is 0 Å². The molecule has 1 N–H and O–H groups in total. The summed E-state index contributed by atoms with van der Waals surface area (Å²) in [5.41, 5.74) is 1.19. The van der Waals surface area contributed by atoms with E-state index in [1.54, 1.807) is 4.90 Å². The maximum Gasteiger partial charge on any atom is 0.237 e. The molecule has 2 aromatic rings. The number of rotatable bonds is 7. The third-order valence-corrected chi connectivity index (χ3v) is 6.70. The molecule has 0 spiro atoms. The van der Waals surface area contributed by atoms with Gasteiger partial charge in [0.2, 0.25) is 11.8 Å². The first-order chi connectivity index (χ1) is 15.1. The van der Waals surface area contributed by atoms with Crippen LogP contribution in [-0.4, -0.2) is 67.6 Å². The average Bonchev–Trinajstić information content (AvgIpc) is 2.80. The highest BCUT2D eigenvalue weighted by molar-refractivity contribution is 5.89. The van der Waals surface area contributed by atoms with Crippen molar-refractivity contribution in [1.82, 2.24) is 15.1 Å². The van der Waals surface area contributed by atoms with Gasteiger partial charge in [0.15, 0.2) is 0 Å². The van der Waals surface area contributed by atoms with Crippen LogP contribution in [0.25, 0.3) is 10.8 Å². The number of piperazine rings is 1.